The topological polar surface area (TPSA) is 37.8 Å². The van der Waals surface area contributed by atoms with Gasteiger partial charge in [0, 0.05) is 6.54 Å². The van der Waals surface area contributed by atoms with E-state index in [9.17, 15) is 4.39 Å². The molecule has 2 rings (SSSR count). The summed E-state index contributed by atoms with van der Waals surface area (Å²) >= 11 is 1.46. The lowest BCUT2D eigenvalue weighted by Crippen LogP contribution is -2.05. The molecule has 2 aromatic heterocycles. The normalized spacial score (nSPS) is 10.4. The lowest BCUT2D eigenvalue weighted by Gasteiger charge is -2.04. The Bertz CT molecular complexity index is 456. The van der Waals surface area contributed by atoms with Crippen LogP contribution < -0.4 is 5.32 Å². The largest absolute Gasteiger partial charge is 0.354 e. The van der Waals surface area contributed by atoms with E-state index in [2.05, 4.69) is 22.2 Å². The van der Waals surface area contributed by atoms with Crippen molar-refractivity contribution in [2.45, 2.75) is 13.3 Å². The van der Waals surface area contributed by atoms with E-state index in [1.54, 1.807) is 0 Å². The molecule has 0 radical (unpaired) electrons. The molecule has 1 N–H and O–H groups in total. The van der Waals surface area contributed by atoms with Crippen LogP contribution in [0.4, 0.5) is 10.3 Å². The van der Waals surface area contributed by atoms with Crippen LogP contribution in [0.3, 0.4) is 0 Å². The third-order valence-electron chi connectivity index (χ3n) is 2.03. The maximum atomic E-state index is 13.5. The summed E-state index contributed by atoms with van der Waals surface area (Å²) in [6.07, 6.45) is 2.19. The van der Waals surface area contributed by atoms with E-state index in [1.807, 2.05) is 17.5 Å². The summed E-state index contributed by atoms with van der Waals surface area (Å²) < 4.78 is 13.5. The molecule has 0 spiro atoms. The van der Waals surface area contributed by atoms with Crippen LogP contribution in [0.15, 0.2) is 23.7 Å². The second-order valence-electron chi connectivity index (χ2n) is 3.29. The summed E-state index contributed by atoms with van der Waals surface area (Å²) in [5, 5.41) is 4.94. The van der Waals surface area contributed by atoms with E-state index in [0.29, 0.717) is 11.6 Å². The lowest BCUT2D eigenvalue weighted by molar-refractivity contribution is 0.619. The minimum atomic E-state index is -0.385. The highest BCUT2D eigenvalue weighted by Crippen LogP contribution is 2.25. The van der Waals surface area contributed by atoms with Gasteiger partial charge in [0.2, 0.25) is 5.95 Å². The highest BCUT2D eigenvalue weighted by Gasteiger charge is 2.09. The van der Waals surface area contributed by atoms with E-state index in [4.69, 9.17) is 0 Å². The second kappa shape index (κ2) is 5.03. The third-order valence-corrected chi connectivity index (χ3v) is 2.91. The van der Waals surface area contributed by atoms with E-state index >= 15 is 0 Å². The van der Waals surface area contributed by atoms with E-state index in [-0.39, 0.29) is 5.82 Å². The average Bonchev–Trinajstić information content (AvgIpc) is 2.81. The number of aromatic nitrogens is 2. The van der Waals surface area contributed by atoms with Crippen LogP contribution in [0.5, 0.6) is 0 Å². The van der Waals surface area contributed by atoms with Crippen molar-refractivity contribution in [3.8, 4) is 10.6 Å². The number of hydrogen-bond acceptors (Lipinski definition) is 4. The van der Waals surface area contributed by atoms with Gasteiger partial charge in [0.05, 0.1) is 11.1 Å². The molecule has 16 heavy (non-hydrogen) atoms. The Morgan fingerprint density at radius 1 is 1.50 bits per heavy atom. The second-order valence-corrected chi connectivity index (χ2v) is 4.24. The highest BCUT2D eigenvalue weighted by atomic mass is 32.1. The van der Waals surface area contributed by atoms with Gasteiger partial charge in [-0.2, -0.15) is 0 Å². The molecule has 5 heteroatoms. The van der Waals surface area contributed by atoms with E-state index in [0.717, 1.165) is 17.8 Å². The smallest absolute Gasteiger partial charge is 0.223 e. The number of anilines is 1. The minimum absolute atomic E-state index is 0.364. The first-order chi connectivity index (χ1) is 7.81. The zero-order valence-electron chi connectivity index (χ0n) is 8.90. The van der Waals surface area contributed by atoms with Crippen molar-refractivity contribution in [2.75, 3.05) is 11.9 Å². The standard InChI is InChI=1S/C11H12FN3S/c1-2-5-13-11-14-7-8(12)10(15-11)9-4-3-6-16-9/h3-4,6-7H,2,5H2,1H3,(H,13,14,15). The van der Waals surface area contributed by atoms with E-state index in [1.165, 1.54) is 17.5 Å². The molecule has 2 heterocycles. The third kappa shape index (κ3) is 2.36. The molecule has 2 aromatic rings. The molecular formula is C11H12FN3S. The Morgan fingerprint density at radius 2 is 2.38 bits per heavy atom. The molecule has 84 valence electrons. The van der Waals surface area contributed by atoms with Crippen LogP contribution in [0.1, 0.15) is 13.3 Å². The van der Waals surface area contributed by atoms with Crippen molar-refractivity contribution in [1.29, 1.82) is 0 Å². The van der Waals surface area contributed by atoms with E-state index < -0.39 is 0 Å². The molecule has 0 atom stereocenters. The number of hydrogen-bond donors (Lipinski definition) is 1. The zero-order valence-corrected chi connectivity index (χ0v) is 9.72. The summed E-state index contributed by atoms with van der Waals surface area (Å²) in [5.41, 5.74) is 0.364. The van der Waals surface area contributed by atoms with Gasteiger partial charge < -0.3 is 5.32 Å². The van der Waals surface area contributed by atoms with Gasteiger partial charge in [-0.05, 0) is 17.9 Å². The van der Waals surface area contributed by atoms with Crippen LogP contribution in [-0.4, -0.2) is 16.5 Å². The minimum Gasteiger partial charge on any atom is -0.354 e. The molecular weight excluding hydrogens is 225 g/mol. The summed E-state index contributed by atoms with van der Waals surface area (Å²) in [7, 11) is 0. The molecule has 0 saturated carbocycles. The van der Waals surface area contributed by atoms with Crippen molar-refractivity contribution in [3.63, 3.8) is 0 Å². The first kappa shape index (κ1) is 11.0. The Labute approximate surface area is 97.4 Å². The Balaban J connectivity index is 2.30. The van der Waals surface area contributed by atoms with Crippen molar-refractivity contribution >= 4 is 17.3 Å². The van der Waals surface area contributed by atoms with Crippen LogP contribution in [-0.2, 0) is 0 Å². The fourth-order valence-corrected chi connectivity index (χ4v) is 1.99. The van der Waals surface area contributed by atoms with Gasteiger partial charge in [0.1, 0.15) is 5.69 Å². The van der Waals surface area contributed by atoms with Crippen LogP contribution in [0.25, 0.3) is 10.6 Å². The number of nitrogens with one attached hydrogen (secondary N) is 1. The van der Waals surface area contributed by atoms with Gasteiger partial charge in [0.25, 0.3) is 0 Å². The van der Waals surface area contributed by atoms with Crippen molar-refractivity contribution < 1.29 is 4.39 Å². The fraction of sp³-hybridized carbons (Fsp3) is 0.273. The molecule has 0 fully saturated rings. The predicted octanol–water partition coefficient (Wildman–Crippen LogP) is 3.17. The Kier molecular flexibility index (Phi) is 3.46. The van der Waals surface area contributed by atoms with Gasteiger partial charge in [-0.3, -0.25) is 0 Å². The number of thiophene rings is 1. The quantitative estimate of drug-likeness (QED) is 0.887. The Morgan fingerprint density at radius 3 is 3.06 bits per heavy atom. The van der Waals surface area contributed by atoms with Crippen LogP contribution in [0.2, 0.25) is 0 Å². The summed E-state index contributed by atoms with van der Waals surface area (Å²) in [6.45, 7) is 2.84. The van der Waals surface area contributed by atoms with Crippen molar-refractivity contribution in [2.24, 2.45) is 0 Å². The monoisotopic (exact) mass is 237 g/mol. The molecule has 0 aliphatic rings. The predicted molar refractivity (Wildman–Crippen MR) is 64.1 cm³/mol. The summed E-state index contributed by atoms with van der Waals surface area (Å²) in [6, 6.07) is 3.72. The SMILES string of the molecule is CCCNc1ncc(F)c(-c2cccs2)n1. The van der Waals surface area contributed by atoms with Gasteiger partial charge in [-0.1, -0.05) is 13.0 Å². The first-order valence-corrected chi connectivity index (χ1v) is 5.99. The molecule has 0 saturated heterocycles. The highest BCUT2D eigenvalue weighted by molar-refractivity contribution is 7.13. The number of halogens is 1. The van der Waals surface area contributed by atoms with Gasteiger partial charge in [-0.25, -0.2) is 14.4 Å². The number of rotatable bonds is 4. The first-order valence-electron chi connectivity index (χ1n) is 5.11. The molecule has 0 unspecified atom stereocenters. The lowest BCUT2D eigenvalue weighted by atomic mass is 10.3. The van der Waals surface area contributed by atoms with Gasteiger partial charge in [-0.15, -0.1) is 11.3 Å². The molecule has 0 amide bonds. The maximum Gasteiger partial charge on any atom is 0.223 e. The molecule has 0 bridgehead atoms. The molecule has 3 nitrogen and oxygen atoms in total. The number of nitrogens with zero attached hydrogens (tertiary/aromatic N) is 2. The zero-order chi connectivity index (χ0) is 11.4. The average molecular weight is 237 g/mol. The van der Waals surface area contributed by atoms with Crippen LogP contribution in [0, 0.1) is 5.82 Å². The van der Waals surface area contributed by atoms with Crippen molar-refractivity contribution in [3.05, 3.63) is 29.5 Å². The molecule has 0 aliphatic heterocycles. The fourth-order valence-electron chi connectivity index (χ4n) is 1.28. The van der Waals surface area contributed by atoms with Gasteiger partial charge >= 0.3 is 0 Å². The molecule has 0 aromatic carbocycles. The van der Waals surface area contributed by atoms with Gasteiger partial charge in [0.15, 0.2) is 5.82 Å². The summed E-state index contributed by atoms with van der Waals surface area (Å²) in [4.78, 5) is 8.88. The Hall–Kier alpha value is -1.49. The summed E-state index contributed by atoms with van der Waals surface area (Å²) in [5.74, 6) is 0.0937. The van der Waals surface area contributed by atoms with Crippen molar-refractivity contribution in [1.82, 2.24) is 9.97 Å². The molecule has 0 aliphatic carbocycles. The van der Waals surface area contributed by atoms with Crippen LogP contribution >= 0.6 is 11.3 Å². The maximum absolute atomic E-state index is 13.5.